The van der Waals surface area contributed by atoms with Crippen molar-refractivity contribution in [3.63, 3.8) is 0 Å². The molecule has 1 heterocycles. The smallest absolute Gasteiger partial charge is 0.141 e. The summed E-state index contributed by atoms with van der Waals surface area (Å²) < 4.78 is 15.9. The first-order chi connectivity index (χ1) is 8.54. The molecule has 0 fully saturated rings. The van der Waals surface area contributed by atoms with Gasteiger partial charge in [0.15, 0.2) is 0 Å². The molecule has 0 unspecified atom stereocenters. The summed E-state index contributed by atoms with van der Waals surface area (Å²) in [5, 5.41) is 0.0884. The highest BCUT2D eigenvalue weighted by molar-refractivity contribution is 9.10. The summed E-state index contributed by atoms with van der Waals surface area (Å²) in [6, 6.07) is 4.55. The fraction of sp³-hybridized carbons (Fsp3) is 0.250. The third-order valence-corrected chi connectivity index (χ3v) is 3.88. The molecule has 0 atom stereocenters. The zero-order chi connectivity index (χ0) is 13.3. The molecule has 0 saturated heterocycles. The quantitative estimate of drug-likeness (QED) is 0.938. The van der Waals surface area contributed by atoms with Crippen molar-refractivity contribution in [2.24, 2.45) is 12.8 Å². The summed E-state index contributed by atoms with van der Waals surface area (Å²) in [4.78, 5) is 4.50. The maximum Gasteiger partial charge on any atom is 0.141 e. The van der Waals surface area contributed by atoms with Gasteiger partial charge in [-0.25, -0.2) is 9.37 Å². The molecule has 2 N–H and O–H groups in total. The van der Waals surface area contributed by atoms with Crippen LogP contribution in [0, 0.1) is 5.82 Å². The molecule has 0 aliphatic rings. The molecule has 0 radical (unpaired) electrons. The molecule has 0 spiro atoms. The van der Waals surface area contributed by atoms with Crippen LogP contribution < -0.4 is 5.73 Å². The van der Waals surface area contributed by atoms with Crippen LogP contribution in [-0.4, -0.2) is 16.1 Å². The van der Waals surface area contributed by atoms with Gasteiger partial charge in [0.1, 0.15) is 21.9 Å². The van der Waals surface area contributed by atoms with Crippen LogP contribution in [-0.2, 0) is 13.5 Å². The molecule has 1 aromatic heterocycles. The lowest BCUT2D eigenvalue weighted by atomic mass is 10.2. The van der Waals surface area contributed by atoms with Gasteiger partial charge in [0.25, 0.3) is 0 Å². The third kappa shape index (κ3) is 2.43. The zero-order valence-corrected chi connectivity index (χ0v) is 12.1. The Balaban J connectivity index is 2.50. The maximum atomic E-state index is 13.1. The van der Waals surface area contributed by atoms with E-state index < -0.39 is 5.82 Å². The van der Waals surface area contributed by atoms with Crippen molar-refractivity contribution in [3.8, 4) is 11.3 Å². The molecule has 3 nitrogen and oxygen atoms in total. The summed E-state index contributed by atoms with van der Waals surface area (Å²) in [6.07, 6.45) is 0.685. The number of aromatic nitrogens is 2. The van der Waals surface area contributed by atoms with Gasteiger partial charge in [0.2, 0.25) is 0 Å². The molecule has 0 saturated carbocycles. The van der Waals surface area contributed by atoms with E-state index in [4.69, 9.17) is 17.3 Å². The summed E-state index contributed by atoms with van der Waals surface area (Å²) in [5.74, 6) is 0.439. The van der Waals surface area contributed by atoms with Crippen LogP contribution >= 0.6 is 27.5 Å². The summed E-state index contributed by atoms with van der Waals surface area (Å²) in [7, 11) is 1.90. The van der Waals surface area contributed by atoms with E-state index in [-0.39, 0.29) is 5.02 Å². The van der Waals surface area contributed by atoms with E-state index in [2.05, 4.69) is 20.9 Å². The minimum Gasteiger partial charge on any atom is -0.330 e. The predicted octanol–water partition coefficient (Wildman–Crippen LogP) is 3.14. The fourth-order valence-corrected chi connectivity index (χ4v) is 2.40. The number of hydrogen-bond donors (Lipinski definition) is 1. The number of benzene rings is 1. The summed E-state index contributed by atoms with van der Waals surface area (Å²) in [6.45, 7) is 0.529. The second-order valence-corrected chi connectivity index (χ2v) is 5.05. The second-order valence-electron chi connectivity index (χ2n) is 3.89. The first-order valence-electron chi connectivity index (χ1n) is 5.41. The van der Waals surface area contributed by atoms with Gasteiger partial charge in [-0.1, -0.05) is 11.6 Å². The normalized spacial score (nSPS) is 10.9. The van der Waals surface area contributed by atoms with Gasteiger partial charge < -0.3 is 10.3 Å². The average molecular weight is 333 g/mol. The highest BCUT2D eigenvalue weighted by atomic mass is 79.9. The van der Waals surface area contributed by atoms with Gasteiger partial charge >= 0.3 is 0 Å². The van der Waals surface area contributed by atoms with Gasteiger partial charge in [-0.3, -0.25) is 0 Å². The van der Waals surface area contributed by atoms with Gasteiger partial charge in [-0.2, -0.15) is 0 Å². The first kappa shape index (κ1) is 13.5. The van der Waals surface area contributed by atoms with Crippen molar-refractivity contribution < 1.29 is 4.39 Å². The van der Waals surface area contributed by atoms with E-state index in [0.29, 0.717) is 13.0 Å². The summed E-state index contributed by atoms with van der Waals surface area (Å²) in [5.41, 5.74) is 7.04. The largest absolute Gasteiger partial charge is 0.330 e. The Morgan fingerprint density at radius 1 is 1.50 bits per heavy atom. The SMILES string of the molecule is Cn1c(CCN)nc(-c2ccc(F)c(Cl)c2)c1Br. The van der Waals surface area contributed by atoms with Crippen molar-refractivity contribution in [2.45, 2.75) is 6.42 Å². The van der Waals surface area contributed by atoms with E-state index in [0.717, 1.165) is 21.7 Å². The average Bonchev–Trinajstić information content (AvgIpc) is 2.62. The molecule has 6 heteroatoms. The number of halogens is 3. The van der Waals surface area contributed by atoms with Crippen LogP contribution in [0.4, 0.5) is 4.39 Å². The van der Waals surface area contributed by atoms with Gasteiger partial charge in [-0.15, -0.1) is 0 Å². The Kier molecular flexibility index (Phi) is 4.04. The van der Waals surface area contributed by atoms with E-state index >= 15 is 0 Å². The standard InChI is InChI=1S/C12H12BrClFN3/c1-18-10(4-5-16)17-11(12(18)13)7-2-3-9(15)8(14)6-7/h2-3,6H,4-5,16H2,1H3. The number of hydrogen-bond acceptors (Lipinski definition) is 2. The molecule has 0 aliphatic heterocycles. The lowest BCUT2D eigenvalue weighted by molar-refractivity contribution is 0.628. The molecule has 0 amide bonds. The number of rotatable bonds is 3. The lowest BCUT2D eigenvalue weighted by Crippen LogP contribution is -2.07. The molecule has 2 aromatic rings. The maximum absolute atomic E-state index is 13.1. The lowest BCUT2D eigenvalue weighted by Gasteiger charge is -2.01. The Morgan fingerprint density at radius 2 is 2.22 bits per heavy atom. The van der Waals surface area contributed by atoms with Crippen molar-refractivity contribution >= 4 is 27.5 Å². The van der Waals surface area contributed by atoms with Crippen molar-refractivity contribution in [3.05, 3.63) is 39.5 Å². The Labute approximate surface area is 118 Å². The highest BCUT2D eigenvalue weighted by Gasteiger charge is 2.14. The number of nitrogens with two attached hydrogens (primary N) is 1. The number of nitrogens with zero attached hydrogens (tertiary/aromatic N) is 2. The molecule has 0 bridgehead atoms. The first-order valence-corrected chi connectivity index (χ1v) is 6.58. The zero-order valence-electron chi connectivity index (χ0n) is 9.75. The second kappa shape index (κ2) is 5.38. The van der Waals surface area contributed by atoms with Crippen LogP contribution in [0.5, 0.6) is 0 Å². The Hall–Kier alpha value is -0.910. The predicted molar refractivity (Wildman–Crippen MR) is 74.1 cm³/mol. The molecule has 2 rings (SSSR count). The van der Waals surface area contributed by atoms with E-state index in [1.807, 2.05) is 11.6 Å². The van der Waals surface area contributed by atoms with Crippen molar-refractivity contribution in [1.29, 1.82) is 0 Å². The minimum atomic E-state index is -0.436. The molecule has 18 heavy (non-hydrogen) atoms. The van der Waals surface area contributed by atoms with Crippen molar-refractivity contribution in [2.75, 3.05) is 6.54 Å². The summed E-state index contributed by atoms with van der Waals surface area (Å²) >= 11 is 9.25. The van der Waals surface area contributed by atoms with Gasteiger partial charge in [-0.05, 0) is 40.7 Å². The van der Waals surface area contributed by atoms with Crippen LogP contribution in [0.15, 0.2) is 22.8 Å². The highest BCUT2D eigenvalue weighted by Crippen LogP contribution is 2.30. The van der Waals surface area contributed by atoms with Crippen LogP contribution in [0.2, 0.25) is 5.02 Å². The van der Waals surface area contributed by atoms with Gasteiger partial charge in [0.05, 0.1) is 5.02 Å². The molecule has 1 aromatic carbocycles. The van der Waals surface area contributed by atoms with Crippen LogP contribution in [0.1, 0.15) is 5.82 Å². The monoisotopic (exact) mass is 331 g/mol. The third-order valence-electron chi connectivity index (χ3n) is 2.68. The van der Waals surface area contributed by atoms with Crippen molar-refractivity contribution in [1.82, 2.24) is 9.55 Å². The van der Waals surface area contributed by atoms with E-state index in [1.54, 1.807) is 12.1 Å². The minimum absolute atomic E-state index is 0.0884. The Morgan fingerprint density at radius 3 is 2.83 bits per heavy atom. The van der Waals surface area contributed by atoms with Crippen LogP contribution in [0.25, 0.3) is 11.3 Å². The van der Waals surface area contributed by atoms with E-state index in [9.17, 15) is 4.39 Å². The van der Waals surface area contributed by atoms with Gasteiger partial charge in [0, 0.05) is 19.0 Å². The molecule has 96 valence electrons. The molecular formula is C12H12BrClFN3. The fourth-order valence-electron chi connectivity index (χ4n) is 1.70. The van der Waals surface area contributed by atoms with E-state index in [1.165, 1.54) is 6.07 Å². The topological polar surface area (TPSA) is 43.8 Å². The number of imidazole rings is 1. The van der Waals surface area contributed by atoms with Crippen LogP contribution in [0.3, 0.4) is 0 Å². The molecule has 0 aliphatic carbocycles. The Bertz CT molecular complexity index is 583. The molecular weight excluding hydrogens is 321 g/mol.